The summed E-state index contributed by atoms with van der Waals surface area (Å²) < 4.78 is 0. The highest BCUT2D eigenvalue weighted by Gasteiger charge is 2.29. The molecule has 5 nitrogen and oxygen atoms in total. The minimum absolute atomic E-state index is 0.0907. The number of rotatable bonds is 5. The van der Waals surface area contributed by atoms with Crippen molar-refractivity contribution in [2.45, 2.75) is 25.7 Å². The first kappa shape index (κ1) is 16.0. The standard InChI is InChI=1S/C18H25N3O2/c1-19-12-13-8-10-21(11-9-13)18(23)15-4-6-16(7-5-15)20-17(22)14-2-3-14/h4-7,13-14,19H,2-3,8-12H2,1H3,(H,20,22). The second-order valence-electron chi connectivity index (χ2n) is 6.63. The lowest BCUT2D eigenvalue weighted by molar-refractivity contribution is -0.117. The van der Waals surface area contributed by atoms with Crippen LogP contribution in [0.15, 0.2) is 24.3 Å². The molecule has 1 heterocycles. The van der Waals surface area contributed by atoms with Crippen molar-refractivity contribution in [2.24, 2.45) is 11.8 Å². The first-order valence-electron chi connectivity index (χ1n) is 8.52. The summed E-state index contributed by atoms with van der Waals surface area (Å²) in [6.45, 7) is 2.67. The maximum atomic E-state index is 12.5. The van der Waals surface area contributed by atoms with E-state index in [4.69, 9.17) is 0 Å². The van der Waals surface area contributed by atoms with Gasteiger partial charge in [0.15, 0.2) is 0 Å². The molecule has 1 aliphatic heterocycles. The van der Waals surface area contributed by atoms with Gasteiger partial charge in [-0.05, 0) is 69.5 Å². The largest absolute Gasteiger partial charge is 0.339 e. The van der Waals surface area contributed by atoms with E-state index in [0.29, 0.717) is 11.5 Å². The number of hydrogen-bond acceptors (Lipinski definition) is 3. The van der Waals surface area contributed by atoms with E-state index in [-0.39, 0.29) is 17.7 Å². The van der Waals surface area contributed by atoms with E-state index in [1.165, 1.54) is 0 Å². The number of likely N-dealkylation sites (tertiary alicyclic amines) is 1. The molecular weight excluding hydrogens is 290 g/mol. The van der Waals surface area contributed by atoms with Crippen LogP contribution in [0.2, 0.25) is 0 Å². The van der Waals surface area contributed by atoms with Crippen LogP contribution in [0.3, 0.4) is 0 Å². The van der Waals surface area contributed by atoms with Gasteiger partial charge in [-0.15, -0.1) is 0 Å². The number of nitrogens with one attached hydrogen (secondary N) is 2. The molecule has 0 spiro atoms. The third-order valence-electron chi connectivity index (χ3n) is 4.74. The second-order valence-corrected chi connectivity index (χ2v) is 6.63. The van der Waals surface area contributed by atoms with Crippen LogP contribution in [0.4, 0.5) is 5.69 Å². The maximum Gasteiger partial charge on any atom is 0.253 e. The Labute approximate surface area is 137 Å². The van der Waals surface area contributed by atoms with Crippen molar-refractivity contribution >= 4 is 17.5 Å². The average Bonchev–Trinajstić information content (AvgIpc) is 3.41. The molecule has 0 bridgehead atoms. The SMILES string of the molecule is CNCC1CCN(C(=O)c2ccc(NC(=O)C3CC3)cc2)CC1. The van der Waals surface area contributed by atoms with Crippen molar-refractivity contribution in [3.05, 3.63) is 29.8 Å². The van der Waals surface area contributed by atoms with E-state index in [2.05, 4.69) is 10.6 Å². The molecule has 5 heteroatoms. The molecule has 2 aliphatic rings. The zero-order chi connectivity index (χ0) is 16.2. The predicted octanol–water partition coefficient (Wildman–Crippen LogP) is 2.11. The molecule has 2 fully saturated rings. The van der Waals surface area contributed by atoms with Crippen LogP contribution in [0, 0.1) is 11.8 Å². The zero-order valence-corrected chi connectivity index (χ0v) is 13.7. The molecule has 1 saturated carbocycles. The van der Waals surface area contributed by atoms with Crippen LogP contribution in [-0.4, -0.2) is 43.4 Å². The molecule has 1 aromatic carbocycles. The smallest absolute Gasteiger partial charge is 0.253 e. The number of anilines is 1. The Hall–Kier alpha value is -1.88. The molecule has 1 saturated heterocycles. The van der Waals surface area contributed by atoms with Crippen LogP contribution in [0.5, 0.6) is 0 Å². The number of carbonyl (C=O) groups is 2. The summed E-state index contributed by atoms with van der Waals surface area (Å²) in [5.41, 5.74) is 1.47. The highest BCUT2D eigenvalue weighted by molar-refractivity contribution is 5.96. The Kier molecular flexibility index (Phi) is 4.96. The summed E-state index contributed by atoms with van der Waals surface area (Å²) in [6, 6.07) is 7.26. The Morgan fingerprint density at radius 1 is 1.09 bits per heavy atom. The molecule has 1 aromatic rings. The first-order valence-corrected chi connectivity index (χ1v) is 8.52. The number of nitrogens with zero attached hydrogens (tertiary/aromatic N) is 1. The first-order chi connectivity index (χ1) is 11.2. The summed E-state index contributed by atoms with van der Waals surface area (Å²) in [7, 11) is 1.97. The molecule has 0 aromatic heterocycles. The van der Waals surface area contributed by atoms with E-state index in [0.717, 1.165) is 51.0 Å². The monoisotopic (exact) mass is 315 g/mol. The number of benzene rings is 1. The fraction of sp³-hybridized carbons (Fsp3) is 0.556. The van der Waals surface area contributed by atoms with Crippen LogP contribution >= 0.6 is 0 Å². The van der Waals surface area contributed by atoms with Crippen molar-refractivity contribution in [1.29, 1.82) is 0 Å². The van der Waals surface area contributed by atoms with Crippen LogP contribution in [0.25, 0.3) is 0 Å². The fourth-order valence-corrected chi connectivity index (χ4v) is 3.10. The topological polar surface area (TPSA) is 61.4 Å². The zero-order valence-electron chi connectivity index (χ0n) is 13.7. The van der Waals surface area contributed by atoms with Gasteiger partial charge in [0.2, 0.25) is 5.91 Å². The van der Waals surface area contributed by atoms with Crippen LogP contribution in [-0.2, 0) is 4.79 Å². The van der Waals surface area contributed by atoms with Crippen LogP contribution in [0.1, 0.15) is 36.0 Å². The van der Waals surface area contributed by atoms with Gasteiger partial charge in [-0.25, -0.2) is 0 Å². The van der Waals surface area contributed by atoms with E-state index < -0.39 is 0 Å². The second kappa shape index (κ2) is 7.13. The Bertz CT molecular complexity index is 558. The van der Waals surface area contributed by atoms with Gasteiger partial charge in [-0.2, -0.15) is 0 Å². The van der Waals surface area contributed by atoms with Gasteiger partial charge in [0, 0.05) is 30.3 Å². The third-order valence-corrected chi connectivity index (χ3v) is 4.74. The van der Waals surface area contributed by atoms with E-state index in [1.807, 2.05) is 36.2 Å². The summed E-state index contributed by atoms with van der Waals surface area (Å²) in [5.74, 6) is 1.04. The molecule has 2 amide bonds. The lowest BCUT2D eigenvalue weighted by atomic mass is 9.96. The molecule has 0 atom stereocenters. The van der Waals surface area contributed by atoms with E-state index >= 15 is 0 Å². The highest BCUT2D eigenvalue weighted by atomic mass is 16.2. The van der Waals surface area contributed by atoms with E-state index in [1.54, 1.807) is 0 Å². The number of carbonyl (C=O) groups excluding carboxylic acids is 2. The molecule has 0 radical (unpaired) electrons. The number of amides is 2. The Morgan fingerprint density at radius 3 is 2.30 bits per heavy atom. The van der Waals surface area contributed by atoms with Crippen molar-refractivity contribution in [2.75, 3.05) is 32.0 Å². The molecule has 1 aliphatic carbocycles. The van der Waals surface area contributed by atoms with Crippen LogP contribution < -0.4 is 10.6 Å². The molecule has 23 heavy (non-hydrogen) atoms. The van der Waals surface area contributed by atoms with Gasteiger partial charge in [0.25, 0.3) is 5.91 Å². The summed E-state index contributed by atoms with van der Waals surface area (Å²) >= 11 is 0. The molecule has 2 N–H and O–H groups in total. The lowest BCUT2D eigenvalue weighted by Gasteiger charge is -2.32. The van der Waals surface area contributed by atoms with Gasteiger partial charge >= 0.3 is 0 Å². The molecule has 0 unspecified atom stereocenters. The highest BCUT2D eigenvalue weighted by Crippen LogP contribution is 2.30. The van der Waals surface area contributed by atoms with Gasteiger partial charge in [-0.3, -0.25) is 9.59 Å². The summed E-state index contributed by atoms with van der Waals surface area (Å²) in [5, 5.41) is 6.11. The summed E-state index contributed by atoms with van der Waals surface area (Å²) in [4.78, 5) is 26.2. The van der Waals surface area contributed by atoms with Crippen molar-refractivity contribution in [3.8, 4) is 0 Å². The number of piperidine rings is 1. The van der Waals surface area contributed by atoms with Crippen molar-refractivity contribution < 1.29 is 9.59 Å². The van der Waals surface area contributed by atoms with Gasteiger partial charge in [0.05, 0.1) is 0 Å². The molecular formula is C18H25N3O2. The molecule has 124 valence electrons. The van der Waals surface area contributed by atoms with Gasteiger partial charge < -0.3 is 15.5 Å². The average molecular weight is 315 g/mol. The minimum atomic E-state index is 0.0907. The van der Waals surface area contributed by atoms with Crippen molar-refractivity contribution in [1.82, 2.24) is 10.2 Å². The summed E-state index contributed by atoms with van der Waals surface area (Å²) in [6.07, 6.45) is 4.10. The predicted molar refractivity (Wildman–Crippen MR) is 90.3 cm³/mol. The molecule has 3 rings (SSSR count). The fourth-order valence-electron chi connectivity index (χ4n) is 3.10. The van der Waals surface area contributed by atoms with E-state index in [9.17, 15) is 9.59 Å². The number of hydrogen-bond donors (Lipinski definition) is 2. The van der Waals surface area contributed by atoms with Gasteiger partial charge in [-0.1, -0.05) is 0 Å². The minimum Gasteiger partial charge on any atom is -0.339 e. The van der Waals surface area contributed by atoms with Crippen molar-refractivity contribution in [3.63, 3.8) is 0 Å². The Morgan fingerprint density at radius 2 is 1.74 bits per heavy atom. The quantitative estimate of drug-likeness (QED) is 0.875. The third kappa shape index (κ3) is 4.10. The van der Waals surface area contributed by atoms with Gasteiger partial charge in [0.1, 0.15) is 0 Å². The maximum absolute atomic E-state index is 12.5. The Balaban J connectivity index is 1.54. The normalized spacial score (nSPS) is 18.7. The lowest BCUT2D eigenvalue weighted by Crippen LogP contribution is -2.40.